The maximum absolute atomic E-state index is 13.8. The van der Waals surface area contributed by atoms with E-state index < -0.39 is 23.8 Å². The van der Waals surface area contributed by atoms with Gasteiger partial charge in [-0.15, -0.1) is 0 Å². The Kier molecular flexibility index (Phi) is 8.29. The summed E-state index contributed by atoms with van der Waals surface area (Å²) in [6, 6.07) is 17.4. The topological polar surface area (TPSA) is 118 Å². The zero-order chi connectivity index (χ0) is 30.0. The Labute approximate surface area is 245 Å². The third-order valence-corrected chi connectivity index (χ3v) is 7.95. The van der Waals surface area contributed by atoms with Gasteiger partial charge >= 0.3 is 18.2 Å². The zero-order valence-electron chi connectivity index (χ0n) is 24.5. The number of benzene rings is 2. The number of alkyl carbamates (subject to hydrolysis) is 1. The van der Waals surface area contributed by atoms with Gasteiger partial charge in [-0.3, -0.25) is 0 Å². The average Bonchev–Trinajstić information content (AvgIpc) is 3.47. The van der Waals surface area contributed by atoms with Gasteiger partial charge in [0.15, 0.2) is 0 Å². The Morgan fingerprint density at radius 1 is 1.02 bits per heavy atom. The molecule has 2 aromatic carbocycles. The van der Waals surface area contributed by atoms with Gasteiger partial charge in [0.05, 0.1) is 6.54 Å². The summed E-state index contributed by atoms with van der Waals surface area (Å²) in [6.45, 7) is 7.42. The number of carbonyl (C=O) groups is 3. The number of nitrogens with zero attached hydrogens (tertiary/aromatic N) is 1. The van der Waals surface area contributed by atoms with E-state index in [-0.39, 0.29) is 36.9 Å². The fourth-order valence-corrected chi connectivity index (χ4v) is 6.04. The van der Waals surface area contributed by atoms with Crippen LogP contribution in [0.4, 0.5) is 9.59 Å². The van der Waals surface area contributed by atoms with Crippen molar-refractivity contribution in [2.24, 2.45) is 0 Å². The Morgan fingerprint density at radius 3 is 2.26 bits per heavy atom. The molecule has 1 heterocycles. The van der Waals surface area contributed by atoms with Crippen molar-refractivity contribution in [2.45, 2.75) is 83.5 Å². The molecule has 0 bridgehead atoms. The lowest BCUT2D eigenvalue weighted by Gasteiger charge is -2.37. The van der Waals surface area contributed by atoms with E-state index in [2.05, 4.69) is 29.6 Å². The van der Waals surface area contributed by atoms with Gasteiger partial charge in [-0.2, -0.15) is 0 Å². The number of furan rings is 1. The van der Waals surface area contributed by atoms with E-state index in [1.54, 1.807) is 11.8 Å². The third-order valence-electron chi connectivity index (χ3n) is 7.95. The summed E-state index contributed by atoms with van der Waals surface area (Å²) in [6.07, 6.45) is 1.83. The maximum Gasteiger partial charge on any atom is 0.410 e. The summed E-state index contributed by atoms with van der Waals surface area (Å²) in [4.78, 5) is 39.5. The van der Waals surface area contributed by atoms with Crippen molar-refractivity contribution in [3.63, 3.8) is 0 Å². The Hall–Kier alpha value is -4.27. The molecule has 2 atom stereocenters. The first kappa shape index (κ1) is 29.2. The van der Waals surface area contributed by atoms with Crippen molar-refractivity contribution < 1.29 is 33.4 Å². The van der Waals surface area contributed by atoms with Crippen LogP contribution in [0.25, 0.3) is 11.1 Å². The molecule has 2 aliphatic carbocycles. The van der Waals surface area contributed by atoms with E-state index in [1.165, 1.54) is 6.07 Å². The Bertz CT molecular complexity index is 1430. The van der Waals surface area contributed by atoms with E-state index >= 15 is 0 Å². The molecule has 1 aromatic heterocycles. The van der Waals surface area contributed by atoms with Crippen LogP contribution in [0.1, 0.15) is 85.4 Å². The minimum absolute atomic E-state index is 0.0922. The fraction of sp³-hybridized carbons (Fsp3) is 0.424. The molecule has 5 rings (SSSR count). The van der Waals surface area contributed by atoms with Gasteiger partial charge in [-0.05, 0) is 81.7 Å². The smallest absolute Gasteiger partial charge is 0.410 e. The highest BCUT2D eigenvalue weighted by Gasteiger charge is 2.35. The second-order valence-corrected chi connectivity index (χ2v) is 12.1. The quantitative estimate of drug-likeness (QED) is 0.316. The lowest BCUT2D eigenvalue weighted by Crippen LogP contribution is -2.48. The van der Waals surface area contributed by atoms with Crippen LogP contribution in [0.2, 0.25) is 0 Å². The summed E-state index contributed by atoms with van der Waals surface area (Å²) in [5, 5.41) is 12.4. The van der Waals surface area contributed by atoms with E-state index in [0.717, 1.165) is 41.5 Å². The number of carbonyl (C=O) groups excluding carboxylic acids is 2. The molecule has 2 N–H and O–H groups in total. The molecule has 9 nitrogen and oxygen atoms in total. The number of amides is 2. The number of ether oxygens (including phenoxy) is 2. The molecule has 0 aliphatic heterocycles. The summed E-state index contributed by atoms with van der Waals surface area (Å²) in [7, 11) is 0. The monoisotopic (exact) mass is 574 g/mol. The number of rotatable bonds is 7. The second-order valence-electron chi connectivity index (χ2n) is 12.1. The summed E-state index contributed by atoms with van der Waals surface area (Å²) >= 11 is 0. The molecule has 222 valence electrons. The van der Waals surface area contributed by atoms with Gasteiger partial charge in [0, 0.05) is 23.6 Å². The third kappa shape index (κ3) is 6.45. The van der Waals surface area contributed by atoms with Crippen molar-refractivity contribution >= 4 is 18.2 Å². The average molecular weight is 575 g/mol. The van der Waals surface area contributed by atoms with Crippen LogP contribution < -0.4 is 5.32 Å². The maximum atomic E-state index is 13.8. The number of carboxylic acids is 1. The molecule has 2 aliphatic rings. The Balaban J connectivity index is 1.35. The number of aryl methyl sites for hydroxylation is 1. The van der Waals surface area contributed by atoms with Crippen LogP contribution in [-0.4, -0.2) is 52.5 Å². The Morgan fingerprint density at radius 2 is 1.67 bits per heavy atom. The first-order valence-corrected chi connectivity index (χ1v) is 14.4. The lowest BCUT2D eigenvalue weighted by atomic mass is 9.90. The van der Waals surface area contributed by atoms with Crippen LogP contribution >= 0.6 is 0 Å². The molecule has 3 aromatic rings. The number of fused-ring (bicyclic) bond motifs is 3. The van der Waals surface area contributed by atoms with E-state index in [1.807, 2.05) is 45.0 Å². The number of carboxylic acid groups (broad SMARTS) is 1. The van der Waals surface area contributed by atoms with Gasteiger partial charge in [-0.25, -0.2) is 14.4 Å². The molecule has 0 saturated heterocycles. The highest BCUT2D eigenvalue weighted by Crippen LogP contribution is 2.44. The van der Waals surface area contributed by atoms with Crippen molar-refractivity contribution in [3.8, 4) is 11.1 Å². The predicted octanol–water partition coefficient (Wildman–Crippen LogP) is 6.87. The number of nitrogens with one attached hydrogen (secondary N) is 1. The minimum atomic E-state index is -1.17. The van der Waals surface area contributed by atoms with Crippen LogP contribution in [0.15, 0.2) is 59.0 Å². The lowest BCUT2D eigenvalue weighted by molar-refractivity contribution is 0.0449. The fourth-order valence-electron chi connectivity index (χ4n) is 6.04. The summed E-state index contributed by atoms with van der Waals surface area (Å²) in [5.41, 5.74) is 4.51. The molecule has 0 unspecified atom stereocenters. The standard InChI is InChI=1S/C33H38N2O7/c1-20-21(16-29(41-20)30(36)37)18-35(23-11-9-10-22(17-23)34-31(38)42-33(2,3)4)32(39)40-19-28-26-14-7-5-12-24(26)25-13-6-8-15-27(25)28/h5-8,12-16,22-23,28H,9-11,17-19H2,1-4H3,(H,34,38)(H,36,37)/t22-,23-/m1/s1. The van der Waals surface area contributed by atoms with Gasteiger partial charge in [-0.1, -0.05) is 48.5 Å². The van der Waals surface area contributed by atoms with Crippen molar-refractivity contribution in [2.75, 3.05) is 6.61 Å². The first-order chi connectivity index (χ1) is 20.0. The van der Waals surface area contributed by atoms with Gasteiger partial charge in [0.25, 0.3) is 0 Å². The molecule has 9 heteroatoms. The highest BCUT2D eigenvalue weighted by molar-refractivity contribution is 5.84. The molecular weight excluding hydrogens is 536 g/mol. The number of hydrogen-bond donors (Lipinski definition) is 2. The zero-order valence-corrected chi connectivity index (χ0v) is 24.5. The van der Waals surface area contributed by atoms with Gasteiger partial charge in [0.2, 0.25) is 5.76 Å². The van der Waals surface area contributed by atoms with Crippen molar-refractivity contribution in [1.82, 2.24) is 10.2 Å². The molecule has 42 heavy (non-hydrogen) atoms. The molecule has 1 saturated carbocycles. The molecule has 0 spiro atoms. The van der Waals surface area contributed by atoms with E-state index in [0.29, 0.717) is 17.7 Å². The van der Waals surface area contributed by atoms with Crippen molar-refractivity contribution in [3.05, 3.63) is 82.8 Å². The highest BCUT2D eigenvalue weighted by atomic mass is 16.6. The van der Waals surface area contributed by atoms with Gasteiger partial charge < -0.3 is 29.2 Å². The molecular formula is C33H38N2O7. The largest absolute Gasteiger partial charge is 0.475 e. The van der Waals surface area contributed by atoms with Crippen LogP contribution in [0, 0.1) is 6.92 Å². The predicted molar refractivity (Wildman–Crippen MR) is 156 cm³/mol. The van der Waals surface area contributed by atoms with Crippen molar-refractivity contribution in [1.29, 1.82) is 0 Å². The normalized spacial score (nSPS) is 18.1. The second kappa shape index (κ2) is 11.9. The SMILES string of the molecule is Cc1oc(C(=O)O)cc1CN(C(=O)OCC1c2ccccc2-c2ccccc21)[C@@H]1CCC[C@@H](NC(=O)OC(C)(C)C)C1. The first-order valence-electron chi connectivity index (χ1n) is 14.4. The summed E-state index contributed by atoms with van der Waals surface area (Å²) < 4.78 is 16.9. The van der Waals surface area contributed by atoms with Gasteiger partial charge in [0.1, 0.15) is 18.0 Å². The summed E-state index contributed by atoms with van der Waals surface area (Å²) in [5.74, 6) is -1.01. The number of hydrogen-bond acceptors (Lipinski definition) is 6. The minimum Gasteiger partial charge on any atom is -0.475 e. The molecule has 0 radical (unpaired) electrons. The van der Waals surface area contributed by atoms with Crippen LogP contribution in [0.3, 0.4) is 0 Å². The molecule has 2 amide bonds. The number of aromatic carboxylic acids is 1. The van der Waals surface area contributed by atoms with E-state index in [9.17, 15) is 19.5 Å². The van der Waals surface area contributed by atoms with Crippen LogP contribution in [-0.2, 0) is 16.0 Å². The van der Waals surface area contributed by atoms with E-state index in [4.69, 9.17) is 13.9 Å². The van der Waals surface area contributed by atoms with Crippen LogP contribution in [0.5, 0.6) is 0 Å². The molecule has 1 fully saturated rings.